The summed E-state index contributed by atoms with van der Waals surface area (Å²) in [7, 11) is 0. The van der Waals surface area contributed by atoms with E-state index in [9.17, 15) is 5.11 Å². The zero-order valence-electron chi connectivity index (χ0n) is 11.3. The summed E-state index contributed by atoms with van der Waals surface area (Å²) in [5, 5.41) is 18.2. The monoisotopic (exact) mass is 233 g/mol. The van der Waals surface area contributed by atoms with Crippen LogP contribution in [0.2, 0.25) is 0 Å². The highest BCUT2D eigenvalue weighted by Crippen LogP contribution is 2.11. The number of aliphatic hydroxyl groups excluding tert-OH is 1. The average molecular weight is 233 g/mol. The Labute approximate surface area is 105 Å². The number of aliphatic hydroxyl groups is 1. The minimum Gasteiger partial charge on any atom is -0.388 e. The van der Waals surface area contributed by atoms with Gasteiger partial charge in [-0.25, -0.2) is 0 Å². The van der Waals surface area contributed by atoms with E-state index in [0.29, 0.717) is 6.42 Å². The van der Waals surface area contributed by atoms with E-state index in [1.165, 1.54) is 17.2 Å². The Bertz CT molecular complexity index is 352. The highest BCUT2D eigenvalue weighted by Gasteiger charge is 2.03. The molecule has 0 aromatic heterocycles. The highest BCUT2D eigenvalue weighted by molar-refractivity contribution is 5.16. The van der Waals surface area contributed by atoms with Crippen LogP contribution in [0.15, 0.2) is 34.9 Å². The summed E-state index contributed by atoms with van der Waals surface area (Å²) < 4.78 is 0. The molecular formula is C15H23NO. The predicted octanol–water partition coefficient (Wildman–Crippen LogP) is 3.90. The van der Waals surface area contributed by atoms with Gasteiger partial charge in [0.2, 0.25) is 0 Å². The Morgan fingerprint density at radius 3 is 2.41 bits per heavy atom. The van der Waals surface area contributed by atoms with Gasteiger partial charge in [0.05, 0.1) is 12.2 Å². The van der Waals surface area contributed by atoms with Crippen LogP contribution in [0.3, 0.4) is 0 Å². The van der Waals surface area contributed by atoms with Gasteiger partial charge in [0.15, 0.2) is 0 Å². The van der Waals surface area contributed by atoms with E-state index in [1.54, 1.807) is 6.92 Å². The molecule has 0 spiro atoms. The quantitative estimate of drug-likeness (QED) is 0.558. The van der Waals surface area contributed by atoms with Crippen molar-refractivity contribution >= 4 is 0 Å². The van der Waals surface area contributed by atoms with E-state index >= 15 is 0 Å². The maximum Gasteiger partial charge on any atom is 0.0912 e. The van der Waals surface area contributed by atoms with Gasteiger partial charge in [-0.3, -0.25) is 0 Å². The van der Waals surface area contributed by atoms with Gasteiger partial charge in [-0.05, 0) is 52.5 Å². The van der Waals surface area contributed by atoms with E-state index in [2.05, 4.69) is 32.9 Å². The van der Waals surface area contributed by atoms with Crippen molar-refractivity contribution in [2.45, 2.75) is 53.1 Å². The number of nitriles is 1. The zero-order chi connectivity index (χ0) is 13.3. The topological polar surface area (TPSA) is 44.0 Å². The SMILES string of the molecule is CC(C)=CCCC(C)=CCC(O)C(C)=CC#N. The first-order valence-electron chi connectivity index (χ1n) is 6.00. The molecule has 1 unspecified atom stereocenters. The fourth-order valence-electron chi connectivity index (χ4n) is 1.39. The normalized spacial score (nSPS) is 14.1. The minimum atomic E-state index is -0.534. The Morgan fingerprint density at radius 1 is 1.24 bits per heavy atom. The van der Waals surface area contributed by atoms with Crippen LogP contribution in [0.4, 0.5) is 0 Å². The van der Waals surface area contributed by atoms with Crippen LogP contribution in [0.5, 0.6) is 0 Å². The molecule has 0 aliphatic rings. The molecule has 0 fully saturated rings. The van der Waals surface area contributed by atoms with Gasteiger partial charge in [0.1, 0.15) is 0 Å². The third-order valence-electron chi connectivity index (χ3n) is 2.60. The summed E-state index contributed by atoms with van der Waals surface area (Å²) in [6.07, 6.45) is 7.80. The van der Waals surface area contributed by atoms with Gasteiger partial charge < -0.3 is 5.11 Å². The van der Waals surface area contributed by atoms with Crippen molar-refractivity contribution in [1.29, 1.82) is 5.26 Å². The lowest BCUT2D eigenvalue weighted by molar-refractivity contribution is 0.214. The fourth-order valence-corrected chi connectivity index (χ4v) is 1.39. The third-order valence-corrected chi connectivity index (χ3v) is 2.60. The van der Waals surface area contributed by atoms with Crippen molar-refractivity contribution in [3.8, 4) is 6.07 Å². The fraction of sp³-hybridized carbons (Fsp3) is 0.533. The van der Waals surface area contributed by atoms with Crippen LogP contribution in [0.1, 0.15) is 47.0 Å². The van der Waals surface area contributed by atoms with Gasteiger partial charge in [0, 0.05) is 6.08 Å². The number of hydrogen-bond acceptors (Lipinski definition) is 2. The maximum absolute atomic E-state index is 9.74. The van der Waals surface area contributed by atoms with Crippen molar-refractivity contribution in [1.82, 2.24) is 0 Å². The van der Waals surface area contributed by atoms with E-state index in [1.807, 2.05) is 6.07 Å². The molecule has 0 rings (SSSR count). The molecule has 0 saturated carbocycles. The summed E-state index contributed by atoms with van der Waals surface area (Å²) >= 11 is 0. The molecule has 0 heterocycles. The Balaban J connectivity index is 4.11. The second kappa shape index (κ2) is 8.78. The Morgan fingerprint density at radius 2 is 1.88 bits per heavy atom. The Hall–Kier alpha value is -1.33. The molecule has 1 atom stereocenters. The van der Waals surface area contributed by atoms with Crippen molar-refractivity contribution < 1.29 is 5.11 Å². The molecule has 0 amide bonds. The smallest absolute Gasteiger partial charge is 0.0912 e. The third kappa shape index (κ3) is 8.47. The van der Waals surface area contributed by atoms with Crippen molar-refractivity contribution in [3.05, 3.63) is 34.9 Å². The molecule has 2 nitrogen and oxygen atoms in total. The van der Waals surface area contributed by atoms with Crippen LogP contribution in [0.25, 0.3) is 0 Å². The van der Waals surface area contributed by atoms with E-state index < -0.39 is 6.10 Å². The number of allylic oxidation sites excluding steroid dienone is 4. The van der Waals surface area contributed by atoms with Gasteiger partial charge >= 0.3 is 0 Å². The molecule has 0 aliphatic heterocycles. The molecule has 17 heavy (non-hydrogen) atoms. The predicted molar refractivity (Wildman–Crippen MR) is 72.4 cm³/mol. The first-order chi connectivity index (χ1) is 7.97. The van der Waals surface area contributed by atoms with Gasteiger partial charge in [-0.15, -0.1) is 0 Å². The number of nitrogens with zero attached hydrogens (tertiary/aromatic N) is 1. The highest BCUT2D eigenvalue weighted by atomic mass is 16.3. The van der Waals surface area contributed by atoms with Gasteiger partial charge in [0.25, 0.3) is 0 Å². The van der Waals surface area contributed by atoms with Crippen molar-refractivity contribution in [2.75, 3.05) is 0 Å². The molecule has 0 aliphatic carbocycles. The van der Waals surface area contributed by atoms with Crippen LogP contribution in [-0.2, 0) is 0 Å². The maximum atomic E-state index is 9.74. The van der Waals surface area contributed by atoms with Crippen molar-refractivity contribution in [3.63, 3.8) is 0 Å². The average Bonchev–Trinajstić information content (AvgIpc) is 2.25. The lowest BCUT2D eigenvalue weighted by atomic mass is 10.0. The van der Waals surface area contributed by atoms with Crippen LogP contribution in [0, 0.1) is 11.3 Å². The van der Waals surface area contributed by atoms with Gasteiger partial charge in [-0.2, -0.15) is 5.26 Å². The molecule has 0 bridgehead atoms. The largest absolute Gasteiger partial charge is 0.388 e. The molecule has 0 aromatic carbocycles. The van der Waals surface area contributed by atoms with Crippen molar-refractivity contribution in [2.24, 2.45) is 0 Å². The number of rotatable bonds is 6. The van der Waals surface area contributed by atoms with Crippen LogP contribution >= 0.6 is 0 Å². The summed E-state index contributed by atoms with van der Waals surface area (Å²) in [6.45, 7) is 8.05. The Kier molecular flexibility index (Phi) is 8.09. The molecular weight excluding hydrogens is 210 g/mol. The zero-order valence-corrected chi connectivity index (χ0v) is 11.3. The summed E-state index contributed by atoms with van der Waals surface area (Å²) in [5.41, 5.74) is 3.35. The molecule has 0 saturated heterocycles. The molecule has 0 radical (unpaired) electrons. The van der Waals surface area contributed by atoms with E-state index in [4.69, 9.17) is 5.26 Å². The summed E-state index contributed by atoms with van der Waals surface area (Å²) in [4.78, 5) is 0. The lowest BCUT2D eigenvalue weighted by Gasteiger charge is -2.08. The molecule has 94 valence electrons. The molecule has 2 heteroatoms. The lowest BCUT2D eigenvalue weighted by Crippen LogP contribution is -2.06. The second-order valence-electron chi connectivity index (χ2n) is 4.64. The standard InChI is InChI=1S/C15H23NO/c1-12(2)6-5-7-13(3)8-9-15(17)14(4)10-11-16/h6,8,10,15,17H,5,7,9H2,1-4H3. The summed E-state index contributed by atoms with van der Waals surface area (Å²) in [6, 6.07) is 1.93. The van der Waals surface area contributed by atoms with Gasteiger partial charge in [-0.1, -0.05) is 23.3 Å². The molecule has 1 N–H and O–H groups in total. The van der Waals surface area contributed by atoms with E-state index in [0.717, 1.165) is 18.4 Å². The second-order valence-corrected chi connectivity index (χ2v) is 4.64. The summed E-state index contributed by atoms with van der Waals surface area (Å²) in [5.74, 6) is 0. The minimum absolute atomic E-state index is 0.534. The van der Waals surface area contributed by atoms with Crippen LogP contribution in [-0.4, -0.2) is 11.2 Å². The van der Waals surface area contributed by atoms with E-state index in [-0.39, 0.29) is 0 Å². The molecule has 0 aromatic rings. The first-order valence-corrected chi connectivity index (χ1v) is 6.00. The van der Waals surface area contributed by atoms with Crippen LogP contribution < -0.4 is 0 Å². The first kappa shape index (κ1) is 15.7. The number of hydrogen-bond donors (Lipinski definition) is 1.